The van der Waals surface area contributed by atoms with Gasteiger partial charge in [0.1, 0.15) is 17.5 Å². The molecule has 0 bridgehead atoms. The molecule has 1 aliphatic rings. The molecule has 4 rings (SSSR count). The van der Waals surface area contributed by atoms with Gasteiger partial charge in [0.05, 0.1) is 30.9 Å². The second-order valence-electron chi connectivity index (χ2n) is 10.0. The number of aromatic nitrogens is 3. The Bertz CT molecular complexity index is 1490. The Morgan fingerprint density at radius 1 is 1.32 bits per heavy atom. The number of nitrogens with zero attached hydrogens (tertiary/aromatic N) is 3. The number of likely N-dealkylation sites (N-methyl/N-ethyl adjacent to an activating group) is 1. The Morgan fingerprint density at radius 2 is 2.10 bits per heavy atom. The van der Waals surface area contributed by atoms with E-state index >= 15 is 0 Å². The van der Waals surface area contributed by atoms with Gasteiger partial charge < -0.3 is 29.8 Å². The average Bonchev–Trinajstić information content (AvgIpc) is 3.66. The Kier molecular flexibility index (Phi) is 8.97. The van der Waals surface area contributed by atoms with Crippen molar-refractivity contribution in [1.82, 2.24) is 24.8 Å². The molecule has 1 aliphatic carbocycles. The monoisotopic (exact) mass is 552 g/mol. The number of halogens is 1. The maximum Gasteiger partial charge on any atom is 0.407 e. The molecule has 40 heavy (non-hydrogen) atoms. The van der Waals surface area contributed by atoms with Crippen molar-refractivity contribution in [1.29, 1.82) is 0 Å². The standard InChI is InChI=1S/C28H33FN6O5/c1-34(2)24(36)9-5-4-7-21(33-28(39)40-3)26(37)32-22-8-6-12-35(27(22)38)16-18-14-23-25(31-18)19(13-17-10-11-17)20(29)15-30-23/h5-6,8-9,12,14-15,17,21,31H,4,7,10-11,13,16H2,1-3H3,(H,32,37)(H,33,39). The number of methoxy groups -OCH3 is 1. The minimum atomic E-state index is -1.01. The highest BCUT2D eigenvalue weighted by Gasteiger charge is 2.25. The van der Waals surface area contributed by atoms with Gasteiger partial charge in [-0.15, -0.1) is 0 Å². The smallest absolute Gasteiger partial charge is 0.407 e. The molecule has 3 N–H and O–H groups in total. The Hall–Kier alpha value is -4.48. The summed E-state index contributed by atoms with van der Waals surface area (Å²) in [6.45, 7) is 0.151. The second kappa shape index (κ2) is 12.6. The maximum absolute atomic E-state index is 14.5. The highest BCUT2D eigenvalue weighted by Crippen LogP contribution is 2.35. The summed E-state index contributed by atoms with van der Waals surface area (Å²) >= 11 is 0. The lowest BCUT2D eigenvalue weighted by atomic mass is 10.1. The van der Waals surface area contributed by atoms with Gasteiger partial charge in [-0.2, -0.15) is 0 Å². The molecular weight excluding hydrogens is 519 g/mol. The number of amides is 3. The Labute approximate surface area is 230 Å². The number of H-pyrrole nitrogens is 1. The molecule has 0 aromatic carbocycles. The zero-order valence-electron chi connectivity index (χ0n) is 22.7. The van der Waals surface area contributed by atoms with E-state index < -0.39 is 23.6 Å². The van der Waals surface area contributed by atoms with E-state index in [2.05, 4.69) is 25.3 Å². The van der Waals surface area contributed by atoms with E-state index in [0.29, 0.717) is 41.1 Å². The minimum Gasteiger partial charge on any atom is -0.453 e. The molecule has 212 valence electrons. The fourth-order valence-corrected chi connectivity index (χ4v) is 4.27. The average molecular weight is 553 g/mol. The number of anilines is 1. The molecule has 3 heterocycles. The van der Waals surface area contributed by atoms with Crippen LogP contribution in [0.1, 0.15) is 36.9 Å². The molecule has 0 radical (unpaired) electrons. The van der Waals surface area contributed by atoms with Gasteiger partial charge in [-0.1, -0.05) is 6.08 Å². The predicted molar refractivity (Wildman–Crippen MR) is 147 cm³/mol. The molecule has 3 aromatic rings. The summed E-state index contributed by atoms with van der Waals surface area (Å²) < 4.78 is 20.5. The van der Waals surface area contributed by atoms with Crippen LogP contribution in [0.5, 0.6) is 0 Å². The lowest BCUT2D eigenvalue weighted by molar-refractivity contribution is -0.123. The van der Waals surface area contributed by atoms with Gasteiger partial charge in [-0.25, -0.2) is 9.18 Å². The van der Waals surface area contributed by atoms with Crippen LogP contribution in [0.3, 0.4) is 0 Å². The highest BCUT2D eigenvalue weighted by molar-refractivity contribution is 5.96. The second-order valence-corrected chi connectivity index (χ2v) is 10.0. The lowest BCUT2D eigenvalue weighted by Crippen LogP contribution is -2.44. The van der Waals surface area contributed by atoms with Gasteiger partial charge in [-0.3, -0.25) is 19.4 Å². The summed E-state index contributed by atoms with van der Waals surface area (Å²) in [6, 6.07) is 3.86. The summed E-state index contributed by atoms with van der Waals surface area (Å²) in [4.78, 5) is 58.6. The first-order valence-corrected chi connectivity index (χ1v) is 13.0. The first-order chi connectivity index (χ1) is 19.2. The number of allylic oxidation sites excluding steroid dienone is 1. The summed E-state index contributed by atoms with van der Waals surface area (Å²) in [5, 5.41) is 5.05. The van der Waals surface area contributed by atoms with E-state index in [-0.39, 0.29) is 30.4 Å². The van der Waals surface area contributed by atoms with Crippen LogP contribution in [0.15, 0.2) is 47.5 Å². The van der Waals surface area contributed by atoms with Crippen LogP contribution in [-0.2, 0) is 27.3 Å². The van der Waals surface area contributed by atoms with Gasteiger partial charge in [-0.05, 0) is 62.3 Å². The molecule has 0 saturated heterocycles. The number of carbonyl (C=O) groups excluding carboxylic acids is 3. The molecule has 1 unspecified atom stereocenters. The van der Waals surface area contributed by atoms with Crippen LogP contribution in [-0.4, -0.2) is 64.6 Å². The van der Waals surface area contributed by atoms with E-state index in [1.807, 2.05) is 0 Å². The highest BCUT2D eigenvalue weighted by atomic mass is 19.1. The number of hydrogen-bond donors (Lipinski definition) is 3. The minimum absolute atomic E-state index is 0.0252. The van der Waals surface area contributed by atoms with Crippen LogP contribution in [0.2, 0.25) is 0 Å². The maximum atomic E-state index is 14.5. The molecule has 1 fully saturated rings. The van der Waals surface area contributed by atoms with Crippen molar-refractivity contribution in [3.05, 3.63) is 70.2 Å². The summed E-state index contributed by atoms with van der Waals surface area (Å²) in [6.07, 6.45) is 8.31. The number of rotatable bonds is 11. The molecule has 1 saturated carbocycles. The molecule has 0 aliphatic heterocycles. The van der Waals surface area contributed by atoms with Crippen molar-refractivity contribution >= 4 is 34.6 Å². The van der Waals surface area contributed by atoms with Crippen LogP contribution < -0.4 is 16.2 Å². The molecular formula is C28H33FN6O5. The van der Waals surface area contributed by atoms with Crippen molar-refractivity contribution in [2.45, 2.75) is 44.7 Å². The van der Waals surface area contributed by atoms with Crippen molar-refractivity contribution in [2.75, 3.05) is 26.5 Å². The fraction of sp³-hybridized carbons (Fsp3) is 0.393. The van der Waals surface area contributed by atoms with Gasteiger partial charge in [0.2, 0.25) is 11.8 Å². The van der Waals surface area contributed by atoms with Crippen LogP contribution in [0.4, 0.5) is 14.9 Å². The number of pyridine rings is 2. The van der Waals surface area contributed by atoms with Gasteiger partial charge in [0, 0.05) is 31.5 Å². The zero-order valence-corrected chi connectivity index (χ0v) is 22.7. The zero-order chi connectivity index (χ0) is 28.8. The first-order valence-electron chi connectivity index (χ1n) is 13.0. The number of carbonyl (C=O) groups is 3. The van der Waals surface area contributed by atoms with E-state index in [4.69, 9.17) is 0 Å². The van der Waals surface area contributed by atoms with Crippen LogP contribution in [0, 0.1) is 11.7 Å². The van der Waals surface area contributed by atoms with E-state index in [0.717, 1.165) is 12.8 Å². The van der Waals surface area contributed by atoms with E-state index in [9.17, 15) is 23.6 Å². The number of hydrogen-bond acceptors (Lipinski definition) is 6. The van der Waals surface area contributed by atoms with Crippen molar-refractivity contribution in [3.63, 3.8) is 0 Å². The number of nitrogens with one attached hydrogen (secondary N) is 3. The van der Waals surface area contributed by atoms with Gasteiger partial charge in [0.15, 0.2) is 0 Å². The quantitative estimate of drug-likeness (QED) is 0.313. The first kappa shape index (κ1) is 28.5. The SMILES string of the molecule is COC(=O)NC(CCC=CC(=O)N(C)C)C(=O)Nc1cccn(Cc2cc3ncc(F)c(CC4CC4)c3[nH]2)c1=O. The molecule has 3 aromatic heterocycles. The third kappa shape index (κ3) is 7.13. The topological polar surface area (TPSA) is 138 Å². The molecule has 11 nitrogen and oxygen atoms in total. The van der Waals surface area contributed by atoms with Crippen molar-refractivity contribution < 1.29 is 23.5 Å². The Balaban J connectivity index is 1.48. The Morgan fingerprint density at radius 3 is 2.80 bits per heavy atom. The summed E-state index contributed by atoms with van der Waals surface area (Å²) in [7, 11) is 4.42. The summed E-state index contributed by atoms with van der Waals surface area (Å²) in [5.41, 5.74) is 2.11. The third-order valence-electron chi connectivity index (χ3n) is 6.69. The lowest BCUT2D eigenvalue weighted by Gasteiger charge is -2.17. The fourth-order valence-electron chi connectivity index (χ4n) is 4.27. The predicted octanol–water partition coefficient (Wildman–Crippen LogP) is 2.95. The third-order valence-corrected chi connectivity index (χ3v) is 6.69. The molecule has 1 atom stereocenters. The normalized spacial score (nSPS) is 13.8. The van der Waals surface area contributed by atoms with E-state index in [1.165, 1.54) is 34.9 Å². The summed E-state index contributed by atoms with van der Waals surface area (Å²) in [5.74, 6) is -0.669. The van der Waals surface area contributed by atoms with Gasteiger partial charge in [0.25, 0.3) is 5.56 Å². The molecule has 0 spiro atoms. The number of fused-ring (bicyclic) bond motifs is 1. The van der Waals surface area contributed by atoms with Crippen LogP contribution >= 0.6 is 0 Å². The van der Waals surface area contributed by atoms with Gasteiger partial charge >= 0.3 is 6.09 Å². The molecule has 3 amide bonds. The van der Waals surface area contributed by atoms with Crippen LogP contribution in [0.25, 0.3) is 11.0 Å². The number of alkyl carbamates (subject to hydrolysis) is 1. The van der Waals surface area contributed by atoms with Crippen molar-refractivity contribution in [3.8, 4) is 0 Å². The molecule has 12 heteroatoms. The van der Waals surface area contributed by atoms with E-state index in [1.54, 1.807) is 38.5 Å². The number of ether oxygens (including phenoxy) is 1. The largest absolute Gasteiger partial charge is 0.453 e. The van der Waals surface area contributed by atoms with Crippen molar-refractivity contribution in [2.24, 2.45) is 5.92 Å². The number of aromatic amines is 1.